The fourth-order valence-corrected chi connectivity index (χ4v) is 0.447. The Labute approximate surface area is 89.8 Å². The van der Waals surface area contributed by atoms with E-state index in [0.717, 1.165) is 6.08 Å². The Bertz CT molecular complexity index is 253. The van der Waals surface area contributed by atoms with Crippen LogP contribution in [-0.2, 0) is 10.1 Å². The molecule has 0 heterocycles. The molecule has 3 nitrogen and oxygen atoms in total. The van der Waals surface area contributed by atoms with Crippen molar-refractivity contribution in [2.45, 2.75) is 0 Å². The van der Waals surface area contributed by atoms with E-state index in [4.69, 9.17) is 4.55 Å². The number of hydrogen-bond acceptors (Lipinski definition) is 2. The molecule has 0 amide bonds. The standard InChI is InChI=1S/C3H6O3S.F5P.Li.H/c1-2-3-7(4,5)6;1-6(2,3,4)5;;/h2H,1,3H2,(H,4,5,6);;;. The molecule has 0 saturated carbocycles. The Balaban J connectivity index is -0.000000163. The van der Waals surface area contributed by atoms with Gasteiger partial charge in [-0.2, -0.15) is 8.42 Å². The Hall–Kier alpha value is 0.327. The van der Waals surface area contributed by atoms with Gasteiger partial charge in [-0.15, -0.1) is 6.58 Å². The molecule has 0 aromatic rings. The molecule has 0 aromatic heterocycles. The molecule has 0 aliphatic carbocycles. The summed E-state index contributed by atoms with van der Waals surface area (Å²) in [5.41, 5.74) is 0. The third-order valence-electron chi connectivity index (χ3n) is 0.328. The van der Waals surface area contributed by atoms with Crippen LogP contribution in [0.25, 0.3) is 0 Å². The first-order valence-electron chi connectivity index (χ1n) is 2.47. The van der Waals surface area contributed by atoms with Gasteiger partial charge >= 0.3 is 48.0 Å². The Morgan fingerprint density at radius 2 is 1.43 bits per heavy atom. The molecule has 0 aromatic carbocycles. The van der Waals surface area contributed by atoms with Crippen LogP contribution in [0.3, 0.4) is 0 Å². The van der Waals surface area contributed by atoms with Gasteiger partial charge in [0.2, 0.25) is 0 Å². The first-order valence-corrected chi connectivity index (χ1v) is 5.77. The average molecular weight is 256 g/mol. The molecule has 0 spiro atoms. The Kier molecular flexibility index (Phi) is 8.54. The van der Waals surface area contributed by atoms with Crippen molar-refractivity contribution in [1.29, 1.82) is 0 Å². The van der Waals surface area contributed by atoms with Gasteiger partial charge in [-0.1, -0.05) is 6.08 Å². The van der Waals surface area contributed by atoms with Crippen molar-refractivity contribution >= 4 is 37.1 Å². The zero-order valence-corrected chi connectivity index (χ0v) is 7.71. The molecule has 0 rings (SSSR count). The van der Waals surface area contributed by atoms with Gasteiger partial charge in [-0.25, -0.2) is 0 Å². The summed E-state index contributed by atoms with van der Waals surface area (Å²) in [5, 5.41) is 0. The normalized spacial score (nSPS) is 13.7. The van der Waals surface area contributed by atoms with E-state index in [-0.39, 0.29) is 24.6 Å². The molecule has 0 saturated heterocycles. The fourth-order valence-electron chi connectivity index (χ4n) is 0.149. The number of hydrogen-bond donors (Lipinski definition) is 1. The minimum atomic E-state index is -8.55. The fraction of sp³-hybridized carbons (Fsp3) is 0.333. The average Bonchev–Trinajstić information content (AvgIpc) is 1.51. The van der Waals surface area contributed by atoms with Gasteiger partial charge in [0, 0.05) is 0 Å². The molecule has 0 bridgehead atoms. The van der Waals surface area contributed by atoms with Gasteiger partial charge in [0.1, 0.15) is 0 Å². The summed E-state index contributed by atoms with van der Waals surface area (Å²) in [7, 11) is -12.3. The van der Waals surface area contributed by atoms with Crippen molar-refractivity contribution < 1.29 is 34.0 Å². The van der Waals surface area contributed by atoms with E-state index in [1.54, 1.807) is 0 Å². The van der Waals surface area contributed by atoms with Crippen LogP contribution in [-0.4, -0.2) is 37.6 Å². The van der Waals surface area contributed by atoms with Gasteiger partial charge in [-0.3, -0.25) is 4.55 Å². The van der Waals surface area contributed by atoms with Gasteiger partial charge in [-0.05, 0) is 0 Å². The second kappa shape index (κ2) is 6.03. The van der Waals surface area contributed by atoms with Gasteiger partial charge in [0.25, 0.3) is 10.1 Å². The molecule has 14 heavy (non-hydrogen) atoms. The predicted octanol–water partition coefficient (Wildman–Crippen LogP) is 2.37. The molecule has 11 heteroatoms. The van der Waals surface area contributed by atoms with E-state index in [0.29, 0.717) is 0 Å². The van der Waals surface area contributed by atoms with E-state index < -0.39 is 18.3 Å². The number of halogens is 5. The topological polar surface area (TPSA) is 54.4 Å². The van der Waals surface area contributed by atoms with Crippen molar-refractivity contribution in [3.05, 3.63) is 12.7 Å². The molecule has 0 atom stereocenters. The van der Waals surface area contributed by atoms with Crippen LogP contribution in [0, 0.1) is 0 Å². The SMILES string of the molecule is C=CCS(=O)(=O)O.FP(F)(F)(F)F.[LiH]. The summed E-state index contributed by atoms with van der Waals surface area (Å²) in [6.07, 6.45) is 1.12. The zero-order valence-electron chi connectivity index (χ0n) is 6.00. The summed E-state index contributed by atoms with van der Waals surface area (Å²) in [4.78, 5) is 0. The van der Waals surface area contributed by atoms with Crippen LogP contribution < -0.4 is 0 Å². The maximum atomic E-state index is 9.84. The molecule has 84 valence electrons. The predicted molar refractivity (Wildman–Crippen MR) is 46.2 cm³/mol. The van der Waals surface area contributed by atoms with Crippen LogP contribution in [0.4, 0.5) is 21.0 Å². The van der Waals surface area contributed by atoms with E-state index in [1.165, 1.54) is 0 Å². The van der Waals surface area contributed by atoms with Crippen LogP contribution in [0.5, 0.6) is 0 Å². The first-order chi connectivity index (χ1) is 5.30. The van der Waals surface area contributed by atoms with Crippen LogP contribution in [0.15, 0.2) is 12.7 Å². The van der Waals surface area contributed by atoms with E-state index in [9.17, 15) is 29.4 Å². The van der Waals surface area contributed by atoms with E-state index in [2.05, 4.69) is 6.58 Å². The monoisotopic (exact) mass is 256 g/mol. The molecule has 0 fully saturated rings. The molecule has 0 radical (unpaired) electrons. The molecular formula is C3H7F5LiO3PS. The molecule has 1 N–H and O–H groups in total. The third-order valence-corrected chi connectivity index (χ3v) is 0.985. The third kappa shape index (κ3) is 84.5. The second-order valence-corrected chi connectivity index (χ2v) is 4.45. The van der Waals surface area contributed by atoms with Crippen molar-refractivity contribution in [3.8, 4) is 0 Å². The van der Waals surface area contributed by atoms with Gasteiger partial charge in [0.15, 0.2) is 0 Å². The summed E-state index contributed by atoms with van der Waals surface area (Å²) < 4.78 is 76.5. The van der Waals surface area contributed by atoms with E-state index >= 15 is 0 Å². The van der Waals surface area contributed by atoms with Crippen molar-refractivity contribution in [3.63, 3.8) is 0 Å². The van der Waals surface area contributed by atoms with Gasteiger partial charge < -0.3 is 0 Å². The van der Waals surface area contributed by atoms with Crippen LogP contribution >= 0.6 is 8.16 Å². The summed E-state index contributed by atoms with van der Waals surface area (Å²) in [6, 6.07) is 0. The van der Waals surface area contributed by atoms with Crippen molar-refractivity contribution in [2.75, 3.05) is 5.75 Å². The molecule has 0 unspecified atom stereocenters. The maximum absolute atomic E-state index is 9.84. The first kappa shape index (κ1) is 19.8. The van der Waals surface area contributed by atoms with Crippen LogP contribution in [0.2, 0.25) is 0 Å². The molecule has 0 aliphatic rings. The molecule has 0 aliphatic heterocycles. The minimum absolute atomic E-state index is 0. The summed E-state index contributed by atoms with van der Waals surface area (Å²) in [6.45, 7) is 3.11. The zero-order chi connectivity index (χ0) is 11.4. The Morgan fingerprint density at radius 1 is 1.21 bits per heavy atom. The van der Waals surface area contributed by atoms with Crippen molar-refractivity contribution in [2.24, 2.45) is 0 Å². The summed E-state index contributed by atoms with van der Waals surface area (Å²) >= 11 is 0. The van der Waals surface area contributed by atoms with Crippen LogP contribution in [0.1, 0.15) is 0 Å². The second-order valence-electron chi connectivity index (χ2n) is 1.68. The molecular weight excluding hydrogens is 249 g/mol. The summed E-state index contributed by atoms with van der Waals surface area (Å²) in [5.74, 6) is -0.368. The number of rotatable bonds is 2. The quantitative estimate of drug-likeness (QED) is 0.271. The van der Waals surface area contributed by atoms with E-state index in [1.807, 2.05) is 0 Å². The van der Waals surface area contributed by atoms with Crippen molar-refractivity contribution in [1.82, 2.24) is 0 Å². The van der Waals surface area contributed by atoms with Gasteiger partial charge in [0.05, 0.1) is 5.75 Å². The Morgan fingerprint density at radius 3 is 1.43 bits per heavy atom.